The molecule has 0 aliphatic heterocycles. The van der Waals surface area contributed by atoms with Crippen LogP contribution in [-0.2, 0) is 16.1 Å². The summed E-state index contributed by atoms with van der Waals surface area (Å²) in [7, 11) is 0. The number of ether oxygens (including phenoxy) is 1. The molecule has 0 unspecified atom stereocenters. The number of nitrogens with zero attached hydrogens (tertiary/aromatic N) is 1. The molecule has 2 rings (SSSR count). The Morgan fingerprint density at radius 3 is 2.55 bits per heavy atom. The van der Waals surface area contributed by atoms with Crippen molar-refractivity contribution in [3.05, 3.63) is 57.2 Å². The van der Waals surface area contributed by atoms with Gasteiger partial charge in [0.05, 0.1) is 12.3 Å². The van der Waals surface area contributed by atoms with E-state index in [1.807, 2.05) is 6.07 Å². The quantitative estimate of drug-likeness (QED) is 0.835. The third-order valence-electron chi connectivity index (χ3n) is 2.70. The van der Waals surface area contributed by atoms with Gasteiger partial charge in [0.15, 0.2) is 0 Å². The van der Waals surface area contributed by atoms with Crippen molar-refractivity contribution in [1.82, 2.24) is 9.55 Å². The molecule has 20 heavy (non-hydrogen) atoms. The molecule has 0 fully saturated rings. The predicted molar refractivity (Wildman–Crippen MR) is 73.4 cm³/mol. The van der Waals surface area contributed by atoms with Crippen LogP contribution in [0.2, 0.25) is 0 Å². The summed E-state index contributed by atoms with van der Waals surface area (Å²) < 4.78 is 5.53. The second kappa shape index (κ2) is 6.01. The number of H-pyrrole nitrogens is 1. The van der Waals surface area contributed by atoms with Crippen LogP contribution in [0.1, 0.15) is 6.92 Å². The fraction of sp³-hybridized carbons (Fsp3) is 0.214. The Hall–Kier alpha value is -2.63. The number of carbonyl (C=O) groups is 1. The van der Waals surface area contributed by atoms with Crippen molar-refractivity contribution < 1.29 is 9.53 Å². The van der Waals surface area contributed by atoms with Crippen molar-refractivity contribution >= 4 is 5.97 Å². The van der Waals surface area contributed by atoms with E-state index in [4.69, 9.17) is 4.74 Å². The van der Waals surface area contributed by atoms with Gasteiger partial charge in [0.25, 0.3) is 5.56 Å². The molecule has 104 valence electrons. The first-order chi connectivity index (χ1) is 9.61. The Morgan fingerprint density at radius 1 is 1.25 bits per heavy atom. The second-order valence-electron chi connectivity index (χ2n) is 4.08. The maximum absolute atomic E-state index is 11.9. The van der Waals surface area contributed by atoms with Gasteiger partial charge in [-0.3, -0.25) is 9.59 Å². The van der Waals surface area contributed by atoms with E-state index in [9.17, 15) is 14.4 Å². The van der Waals surface area contributed by atoms with Gasteiger partial charge in [-0.05, 0) is 12.5 Å². The lowest BCUT2D eigenvalue weighted by molar-refractivity contribution is -0.143. The largest absolute Gasteiger partial charge is 0.465 e. The van der Waals surface area contributed by atoms with Gasteiger partial charge < -0.3 is 9.72 Å². The van der Waals surface area contributed by atoms with Gasteiger partial charge in [-0.2, -0.15) is 0 Å². The van der Waals surface area contributed by atoms with E-state index in [-0.39, 0.29) is 6.61 Å². The standard InChI is InChI=1S/C14H14N2O4/c1-2-20-13(18)9-16-12(17)8-11(15-14(16)19)10-6-4-3-5-7-10/h3-8H,2,9H2,1H3,(H,15,19). The van der Waals surface area contributed by atoms with Crippen LogP contribution in [0.4, 0.5) is 0 Å². The van der Waals surface area contributed by atoms with Crippen LogP contribution >= 0.6 is 0 Å². The molecular formula is C14H14N2O4. The molecule has 0 aliphatic rings. The molecule has 0 bridgehead atoms. The fourth-order valence-corrected chi connectivity index (χ4v) is 1.78. The van der Waals surface area contributed by atoms with E-state index in [1.54, 1.807) is 31.2 Å². The van der Waals surface area contributed by atoms with Crippen LogP contribution < -0.4 is 11.2 Å². The zero-order chi connectivity index (χ0) is 14.5. The minimum Gasteiger partial charge on any atom is -0.465 e. The number of hydrogen-bond acceptors (Lipinski definition) is 4. The first kappa shape index (κ1) is 13.8. The van der Waals surface area contributed by atoms with Crippen LogP contribution in [0.5, 0.6) is 0 Å². The molecule has 0 spiro atoms. The molecule has 6 heteroatoms. The lowest BCUT2D eigenvalue weighted by Gasteiger charge is -2.06. The van der Waals surface area contributed by atoms with Gasteiger partial charge in [0, 0.05) is 6.07 Å². The molecule has 2 aromatic rings. The first-order valence-electron chi connectivity index (χ1n) is 6.17. The highest BCUT2D eigenvalue weighted by Crippen LogP contribution is 2.12. The van der Waals surface area contributed by atoms with E-state index in [0.717, 1.165) is 10.1 Å². The molecule has 0 saturated carbocycles. The summed E-state index contributed by atoms with van der Waals surface area (Å²) in [6.07, 6.45) is 0. The zero-order valence-corrected chi connectivity index (χ0v) is 11.0. The number of aromatic nitrogens is 2. The number of aromatic amines is 1. The molecular weight excluding hydrogens is 260 g/mol. The smallest absolute Gasteiger partial charge is 0.329 e. The summed E-state index contributed by atoms with van der Waals surface area (Å²) in [5, 5.41) is 0. The highest BCUT2D eigenvalue weighted by molar-refractivity contribution is 5.69. The topological polar surface area (TPSA) is 81.2 Å². The molecule has 1 aromatic carbocycles. The predicted octanol–water partition coefficient (Wildman–Crippen LogP) is 0.767. The van der Waals surface area contributed by atoms with Crippen molar-refractivity contribution in [2.75, 3.05) is 6.61 Å². The Labute approximate surface area is 114 Å². The number of benzene rings is 1. The third kappa shape index (κ3) is 3.03. The number of hydrogen-bond donors (Lipinski definition) is 1. The van der Waals surface area contributed by atoms with Crippen LogP contribution in [-0.4, -0.2) is 22.1 Å². The van der Waals surface area contributed by atoms with Crippen molar-refractivity contribution in [1.29, 1.82) is 0 Å². The summed E-state index contributed by atoms with van der Waals surface area (Å²) in [5.74, 6) is -0.618. The average molecular weight is 274 g/mol. The molecule has 1 N–H and O–H groups in total. The number of rotatable bonds is 4. The number of carbonyl (C=O) groups excluding carboxylic acids is 1. The first-order valence-corrected chi connectivity index (χ1v) is 6.17. The molecule has 6 nitrogen and oxygen atoms in total. The van der Waals surface area contributed by atoms with Crippen molar-refractivity contribution in [3.8, 4) is 11.3 Å². The monoisotopic (exact) mass is 274 g/mol. The van der Waals surface area contributed by atoms with Crippen molar-refractivity contribution in [2.45, 2.75) is 13.5 Å². The minimum absolute atomic E-state index is 0.202. The number of nitrogens with one attached hydrogen (secondary N) is 1. The summed E-state index contributed by atoms with van der Waals surface area (Å²) in [5.41, 5.74) is -0.0317. The maximum atomic E-state index is 11.9. The summed E-state index contributed by atoms with van der Waals surface area (Å²) >= 11 is 0. The molecule has 0 radical (unpaired) electrons. The van der Waals surface area contributed by atoms with Gasteiger partial charge >= 0.3 is 11.7 Å². The highest BCUT2D eigenvalue weighted by Gasteiger charge is 2.10. The van der Waals surface area contributed by atoms with E-state index >= 15 is 0 Å². The molecule has 1 aromatic heterocycles. The Balaban J connectivity index is 2.38. The van der Waals surface area contributed by atoms with Crippen LogP contribution in [0.25, 0.3) is 11.3 Å². The van der Waals surface area contributed by atoms with Crippen LogP contribution in [0.15, 0.2) is 46.0 Å². The second-order valence-corrected chi connectivity index (χ2v) is 4.08. The van der Waals surface area contributed by atoms with E-state index < -0.39 is 23.8 Å². The fourth-order valence-electron chi connectivity index (χ4n) is 1.78. The highest BCUT2D eigenvalue weighted by atomic mass is 16.5. The van der Waals surface area contributed by atoms with Crippen LogP contribution in [0.3, 0.4) is 0 Å². The SMILES string of the molecule is CCOC(=O)Cn1c(=O)cc(-c2ccccc2)[nH]c1=O. The van der Waals surface area contributed by atoms with Gasteiger partial charge in [-0.15, -0.1) is 0 Å². The maximum Gasteiger partial charge on any atom is 0.329 e. The van der Waals surface area contributed by atoms with Crippen molar-refractivity contribution in [2.24, 2.45) is 0 Å². The molecule has 0 atom stereocenters. The molecule has 1 heterocycles. The zero-order valence-electron chi connectivity index (χ0n) is 11.0. The van der Waals surface area contributed by atoms with Crippen LogP contribution in [0, 0.1) is 0 Å². The lowest BCUT2D eigenvalue weighted by Crippen LogP contribution is -2.37. The van der Waals surface area contributed by atoms with Gasteiger partial charge in [-0.25, -0.2) is 9.36 Å². The molecule has 0 aliphatic carbocycles. The Kier molecular flexibility index (Phi) is 4.14. The third-order valence-corrected chi connectivity index (χ3v) is 2.70. The summed E-state index contributed by atoms with van der Waals surface area (Å²) in [6.45, 7) is 1.47. The Bertz CT molecular complexity index is 685. The Morgan fingerprint density at radius 2 is 1.95 bits per heavy atom. The minimum atomic E-state index is -0.635. The summed E-state index contributed by atoms with van der Waals surface area (Å²) in [4.78, 5) is 37.7. The average Bonchev–Trinajstić information content (AvgIpc) is 2.44. The molecule has 0 amide bonds. The van der Waals surface area contributed by atoms with E-state index in [0.29, 0.717) is 5.69 Å². The lowest BCUT2D eigenvalue weighted by atomic mass is 10.1. The van der Waals surface area contributed by atoms with Gasteiger partial charge in [0.2, 0.25) is 0 Å². The normalized spacial score (nSPS) is 10.2. The van der Waals surface area contributed by atoms with Gasteiger partial charge in [-0.1, -0.05) is 30.3 Å². The van der Waals surface area contributed by atoms with Crippen molar-refractivity contribution in [3.63, 3.8) is 0 Å². The van der Waals surface area contributed by atoms with E-state index in [2.05, 4.69) is 4.98 Å². The molecule has 0 saturated heterocycles. The summed E-state index contributed by atoms with van der Waals surface area (Å²) in [6, 6.07) is 10.3. The van der Waals surface area contributed by atoms with Gasteiger partial charge in [0.1, 0.15) is 6.54 Å². The van der Waals surface area contributed by atoms with E-state index in [1.165, 1.54) is 6.07 Å². The number of esters is 1.